The van der Waals surface area contributed by atoms with E-state index in [-0.39, 0.29) is 5.91 Å². The molecule has 1 amide bonds. The van der Waals surface area contributed by atoms with Gasteiger partial charge in [-0.2, -0.15) is 0 Å². The Morgan fingerprint density at radius 3 is 2.81 bits per heavy atom. The van der Waals surface area contributed by atoms with Gasteiger partial charge in [-0.1, -0.05) is 11.3 Å². The van der Waals surface area contributed by atoms with E-state index in [2.05, 4.69) is 30.6 Å². The summed E-state index contributed by atoms with van der Waals surface area (Å²) in [4.78, 5) is 14.3. The lowest BCUT2D eigenvalue weighted by Crippen LogP contribution is -2.41. The lowest BCUT2D eigenvalue weighted by atomic mass is 10.1. The van der Waals surface area contributed by atoms with Gasteiger partial charge in [-0.3, -0.25) is 9.69 Å². The second-order valence-corrected chi connectivity index (χ2v) is 7.25. The molecule has 0 spiro atoms. The van der Waals surface area contributed by atoms with Crippen molar-refractivity contribution in [2.24, 2.45) is 0 Å². The summed E-state index contributed by atoms with van der Waals surface area (Å²) in [6.45, 7) is 5.11. The lowest BCUT2D eigenvalue weighted by molar-refractivity contribution is -0.118. The van der Waals surface area contributed by atoms with Crippen LogP contribution < -0.4 is 5.32 Å². The van der Waals surface area contributed by atoms with E-state index in [1.807, 2.05) is 31.2 Å². The second-order valence-electron chi connectivity index (χ2n) is 6.07. The first-order chi connectivity index (χ1) is 12.7. The van der Waals surface area contributed by atoms with Crippen LogP contribution >= 0.6 is 11.3 Å². The van der Waals surface area contributed by atoms with Gasteiger partial charge in [0.1, 0.15) is 10.0 Å². The molecule has 26 heavy (non-hydrogen) atoms. The summed E-state index contributed by atoms with van der Waals surface area (Å²) >= 11 is 1.54. The molecule has 0 saturated carbocycles. The van der Waals surface area contributed by atoms with Gasteiger partial charge in [0.15, 0.2) is 5.82 Å². The maximum absolute atomic E-state index is 12.2. The molecule has 4 rings (SSSR count). The molecular formula is C17H18N6O2S. The van der Waals surface area contributed by atoms with E-state index in [4.69, 9.17) is 4.74 Å². The van der Waals surface area contributed by atoms with Crippen molar-refractivity contribution in [3.05, 3.63) is 29.3 Å². The van der Waals surface area contributed by atoms with E-state index < -0.39 is 0 Å². The zero-order valence-corrected chi connectivity index (χ0v) is 15.1. The van der Waals surface area contributed by atoms with Crippen LogP contribution in [0.15, 0.2) is 24.3 Å². The number of nitrogens with one attached hydrogen (secondary N) is 1. The fraction of sp³-hybridized carbons (Fsp3) is 0.353. The van der Waals surface area contributed by atoms with Crippen molar-refractivity contribution in [3.8, 4) is 10.6 Å². The number of fused-ring (bicyclic) bond motifs is 1. The highest BCUT2D eigenvalue weighted by molar-refractivity contribution is 7.14. The average molecular weight is 370 g/mol. The molecule has 1 aromatic carbocycles. The highest BCUT2D eigenvalue weighted by Gasteiger charge is 2.15. The van der Waals surface area contributed by atoms with Crippen LogP contribution in [0.25, 0.3) is 21.5 Å². The standard InChI is InChI=1S/C17H18N6O2S/c1-11-19-22-17(26-11)12-2-3-14-13(8-12)9-15(21-20-14)18-16(24)10-23-4-6-25-7-5-23/h2-3,8-9H,4-7,10H2,1H3,(H,18,21,24). The predicted octanol–water partition coefficient (Wildman–Crippen LogP) is 1.73. The van der Waals surface area contributed by atoms with Gasteiger partial charge in [0, 0.05) is 24.0 Å². The summed E-state index contributed by atoms with van der Waals surface area (Å²) in [6.07, 6.45) is 0. The summed E-state index contributed by atoms with van der Waals surface area (Å²) in [6, 6.07) is 7.67. The van der Waals surface area contributed by atoms with Crippen LogP contribution in [-0.2, 0) is 9.53 Å². The predicted molar refractivity (Wildman–Crippen MR) is 99.1 cm³/mol. The first-order valence-electron chi connectivity index (χ1n) is 8.35. The summed E-state index contributed by atoms with van der Waals surface area (Å²) in [5.74, 6) is 0.345. The molecule has 3 heterocycles. The third-order valence-corrected chi connectivity index (χ3v) is 4.98. The van der Waals surface area contributed by atoms with Crippen molar-refractivity contribution >= 4 is 34.0 Å². The Bertz CT molecular complexity index is 938. The van der Waals surface area contributed by atoms with Crippen molar-refractivity contribution in [1.29, 1.82) is 0 Å². The average Bonchev–Trinajstić information content (AvgIpc) is 3.08. The quantitative estimate of drug-likeness (QED) is 0.747. The Labute approximate surface area is 154 Å². The highest BCUT2D eigenvalue weighted by Crippen LogP contribution is 2.26. The Morgan fingerprint density at radius 2 is 2.04 bits per heavy atom. The molecule has 0 radical (unpaired) electrons. The molecule has 1 aliphatic heterocycles. The number of rotatable bonds is 4. The van der Waals surface area contributed by atoms with Crippen LogP contribution in [0.1, 0.15) is 5.01 Å². The fourth-order valence-electron chi connectivity index (χ4n) is 2.80. The van der Waals surface area contributed by atoms with Gasteiger partial charge in [-0.25, -0.2) is 0 Å². The maximum Gasteiger partial charge on any atom is 0.239 e. The molecule has 0 aliphatic carbocycles. The van der Waals surface area contributed by atoms with Crippen molar-refractivity contribution in [3.63, 3.8) is 0 Å². The first kappa shape index (κ1) is 17.0. The number of benzene rings is 1. The topological polar surface area (TPSA) is 93.1 Å². The summed E-state index contributed by atoms with van der Waals surface area (Å²) in [5, 5.41) is 22.0. The number of amides is 1. The van der Waals surface area contributed by atoms with Crippen LogP contribution in [0.3, 0.4) is 0 Å². The summed E-state index contributed by atoms with van der Waals surface area (Å²) in [5.41, 5.74) is 1.74. The third kappa shape index (κ3) is 3.85. The minimum absolute atomic E-state index is 0.101. The molecule has 0 atom stereocenters. The summed E-state index contributed by atoms with van der Waals surface area (Å²) in [7, 11) is 0. The number of nitrogens with zero attached hydrogens (tertiary/aromatic N) is 5. The number of carbonyl (C=O) groups excluding carboxylic acids is 1. The van der Waals surface area contributed by atoms with Crippen LogP contribution in [-0.4, -0.2) is 64.0 Å². The van der Waals surface area contributed by atoms with Crippen molar-refractivity contribution in [2.75, 3.05) is 38.2 Å². The highest BCUT2D eigenvalue weighted by atomic mass is 32.1. The number of carbonyl (C=O) groups is 1. The number of hydrogen-bond acceptors (Lipinski definition) is 8. The molecule has 9 heteroatoms. The van der Waals surface area contributed by atoms with Crippen LogP contribution in [0.2, 0.25) is 0 Å². The van der Waals surface area contributed by atoms with E-state index >= 15 is 0 Å². The van der Waals surface area contributed by atoms with Crippen LogP contribution in [0, 0.1) is 6.92 Å². The van der Waals surface area contributed by atoms with E-state index in [0.717, 1.165) is 39.6 Å². The first-order valence-corrected chi connectivity index (χ1v) is 9.17. The Hall–Kier alpha value is -2.49. The van der Waals surface area contributed by atoms with Gasteiger partial charge in [0.25, 0.3) is 0 Å². The number of morpholine rings is 1. The van der Waals surface area contributed by atoms with Gasteiger partial charge < -0.3 is 10.1 Å². The number of ether oxygens (including phenoxy) is 1. The van der Waals surface area contributed by atoms with Gasteiger partial charge in [0.2, 0.25) is 5.91 Å². The minimum atomic E-state index is -0.101. The molecule has 0 unspecified atom stereocenters. The number of anilines is 1. The Kier molecular flexibility index (Phi) is 4.83. The molecule has 1 N–H and O–H groups in total. The summed E-state index contributed by atoms with van der Waals surface area (Å²) < 4.78 is 5.29. The molecule has 2 aromatic heterocycles. The molecule has 0 bridgehead atoms. The number of aryl methyl sites for hydroxylation is 1. The third-order valence-electron chi connectivity index (χ3n) is 4.10. The van der Waals surface area contributed by atoms with Crippen LogP contribution in [0.4, 0.5) is 5.82 Å². The van der Waals surface area contributed by atoms with Crippen molar-refractivity contribution in [1.82, 2.24) is 25.3 Å². The minimum Gasteiger partial charge on any atom is -0.379 e. The Balaban J connectivity index is 1.51. The Morgan fingerprint density at radius 1 is 1.19 bits per heavy atom. The largest absolute Gasteiger partial charge is 0.379 e. The van der Waals surface area contributed by atoms with Crippen LogP contribution in [0.5, 0.6) is 0 Å². The van der Waals surface area contributed by atoms with Gasteiger partial charge in [-0.15, -0.1) is 20.4 Å². The monoisotopic (exact) mass is 370 g/mol. The normalized spacial score (nSPS) is 15.3. The molecule has 8 nitrogen and oxygen atoms in total. The fourth-order valence-corrected chi connectivity index (χ4v) is 3.49. The zero-order chi connectivity index (χ0) is 17.9. The molecule has 1 aliphatic rings. The van der Waals surface area contributed by atoms with Gasteiger partial charge in [0.05, 0.1) is 25.3 Å². The van der Waals surface area contributed by atoms with E-state index in [0.29, 0.717) is 25.6 Å². The van der Waals surface area contributed by atoms with Crippen molar-refractivity contribution in [2.45, 2.75) is 6.92 Å². The number of aromatic nitrogens is 4. The second kappa shape index (κ2) is 7.40. The molecule has 1 fully saturated rings. The SMILES string of the molecule is Cc1nnc(-c2ccc3nnc(NC(=O)CN4CCOCC4)cc3c2)s1. The lowest BCUT2D eigenvalue weighted by Gasteiger charge is -2.25. The van der Waals surface area contributed by atoms with E-state index in [1.165, 1.54) is 11.3 Å². The maximum atomic E-state index is 12.2. The van der Waals surface area contributed by atoms with Gasteiger partial charge >= 0.3 is 0 Å². The smallest absolute Gasteiger partial charge is 0.239 e. The van der Waals surface area contributed by atoms with E-state index in [1.54, 1.807) is 0 Å². The molecule has 134 valence electrons. The van der Waals surface area contributed by atoms with E-state index in [9.17, 15) is 4.79 Å². The molecule has 3 aromatic rings. The molecule has 1 saturated heterocycles. The van der Waals surface area contributed by atoms with Crippen molar-refractivity contribution < 1.29 is 9.53 Å². The zero-order valence-electron chi connectivity index (χ0n) is 14.3. The van der Waals surface area contributed by atoms with Gasteiger partial charge in [-0.05, 0) is 31.2 Å². The molecular weight excluding hydrogens is 352 g/mol. The number of hydrogen-bond donors (Lipinski definition) is 1.